The molecule has 0 saturated carbocycles. The van der Waals surface area contributed by atoms with Crippen LogP contribution in [0.25, 0.3) is 0 Å². The second-order valence-corrected chi connectivity index (χ2v) is 5.86. The quantitative estimate of drug-likeness (QED) is 0.660. The van der Waals surface area contributed by atoms with Crippen molar-refractivity contribution in [2.75, 3.05) is 0 Å². The number of nitrogens with one attached hydrogen (secondary N) is 1. The van der Waals surface area contributed by atoms with Crippen LogP contribution in [0.15, 0.2) is 30.3 Å². The fraction of sp³-hybridized carbons (Fsp3) is 0.400. The number of carbonyl (C=O) groups is 3. The van der Waals surface area contributed by atoms with Gasteiger partial charge in [-0.2, -0.15) is 5.01 Å². The summed E-state index contributed by atoms with van der Waals surface area (Å²) in [6.07, 6.45) is -1.95. The van der Waals surface area contributed by atoms with Crippen molar-refractivity contribution in [2.24, 2.45) is 0 Å². The summed E-state index contributed by atoms with van der Waals surface area (Å²) in [5.74, 6) is 0. The summed E-state index contributed by atoms with van der Waals surface area (Å²) in [7, 11) is 0. The van der Waals surface area contributed by atoms with Gasteiger partial charge in [0.25, 0.3) is 0 Å². The van der Waals surface area contributed by atoms with Crippen LogP contribution < -0.4 is 5.43 Å². The molecular weight excluding hydrogens is 288 g/mol. The fourth-order valence-electron chi connectivity index (χ4n) is 1.78. The number of rotatable bonds is 3. The van der Waals surface area contributed by atoms with Gasteiger partial charge in [-0.25, -0.2) is 15.0 Å². The lowest BCUT2D eigenvalue weighted by Crippen LogP contribution is -2.58. The summed E-state index contributed by atoms with van der Waals surface area (Å²) in [5, 5.41) is 9.63. The molecule has 0 fully saturated rings. The summed E-state index contributed by atoms with van der Waals surface area (Å²) in [5.41, 5.74) is 0.00812. The molecule has 0 saturated heterocycles. The second kappa shape index (κ2) is 6.46. The number of aldehydes is 1. The van der Waals surface area contributed by atoms with Gasteiger partial charge in [0.15, 0.2) is 6.29 Å². The zero-order valence-corrected chi connectivity index (χ0v) is 13.0. The van der Waals surface area contributed by atoms with E-state index in [0.29, 0.717) is 16.9 Å². The van der Waals surface area contributed by atoms with E-state index in [4.69, 9.17) is 9.84 Å². The maximum Gasteiger partial charge on any atom is 0.430 e. The van der Waals surface area contributed by atoms with Crippen molar-refractivity contribution in [3.8, 4) is 0 Å². The van der Waals surface area contributed by atoms with Gasteiger partial charge in [0.2, 0.25) is 0 Å². The molecule has 0 radical (unpaired) electrons. The van der Waals surface area contributed by atoms with Gasteiger partial charge < -0.3 is 14.6 Å². The highest BCUT2D eigenvalue weighted by atomic mass is 16.6. The molecule has 7 heteroatoms. The molecule has 0 aromatic heterocycles. The van der Waals surface area contributed by atoms with Crippen LogP contribution in [-0.2, 0) is 15.1 Å². The molecule has 120 valence electrons. The van der Waals surface area contributed by atoms with E-state index in [-0.39, 0.29) is 0 Å². The van der Waals surface area contributed by atoms with Crippen LogP contribution in [0.2, 0.25) is 0 Å². The predicted octanol–water partition coefficient (Wildman–Crippen LogP) is 2.52. The Morgan fingerprint density at radius 1 is 1.18 bits per heavy atom. The molecule has 22 heavy (non-hydrogen) atoms. The Labute approximate surface area is 128 Å². The molecule has 1 unspecified atom stereocenters. The van der Waals surface area contributed by atoms with E-state index >= 15 is 0 Å². The van der Waals surface area contributed by atoms with Crippen LogP contribution in [0.3, 0.4) is 0 Å². The Bertz CT molecular complexity index is 553. The molecule has 1 aromatic carbocycles. The SMILES string of the molecule is CC(C)(C)OC(=O)N(NC(=O)O)C(C)(C=O)c1ccccc1. The van der Waals surface area contributed by atoms with Crippen molar-refractivity contribution < 1.29 is 24.2 Å². The molecule has 2 N–H and O–H groups in total. The fourth-order valence-corrected chi connectivity index (χ4v) is 1.78. The molecule has 0 heterocycles. The number of hydrogen-bond acceptors (Lipinski definition) is 4. The first-order chi connectivity index (χ1) is 10.1. The van der Waals surface area contributed by atoms with Gasteiger partial charge in [0, 0.05) is 0 Å². The number of benzene rings is 1. The van der Waals surface area contributed by atoms with Crippen LogP contribution in [-0.4, -0.2) is 34.2 Å². The topological polar surface area (TPSA) is 95.9 Å². The molecule has 1 rings (SSSR count). The van der Waals surface area contributed by atoms with Gasteiger partial charge in [-0.3, -0.25) is 0 Å². The van der Waals surface area contributed by atoms with E-state index in [9.17, 15) is 14.4 Å². The van der Waals surface area contributed by atoms with Crippen LogP contribution in [0, 0.1) is 0 Å². The van der Waals surface area contributed by atoms with E-state index < -0.39 is 23.3 Å². The number of amides is 2. The number of hydrogen-bond donors (Lipinski definition) is 2. The standard InChI is InChI=1S/C15H20N2O5/c1-14(2,3)22-13(21)17(16-12(19)20)15(4,10-18)11-8-6-5-7-9-11/h5-10,16H,1-4H3,(H,19,20). The van der Waals surface area contributed by atoms with Gasteiger partial charge in [-0.15, -0.1) is 0 Å². The summed E-state index contributed by atoms with van der Waals surface area (Å²) < 4.78 is 5.17. The van der Waals surface area contributed by atoms with Gasteiger partial charge in [-0.05, 0) is 33.3 Å². The Morgan fingerprint density at radius 3 is 2.14 bits per heavy atom. The minimum Gasteiger partial charge on any atom is -0.464 e. The third-order valence-corrected chi connectivity index (χ3v) is 2.84. The average molecular weight is 308 g/mol. The lowest BCUT2D eigenvalue weighted by Gasteiger charge is -2.37. The minimum absolute atomic E-state index is 0.449. The largest absolute Gasteiger partial charge is 0.464 e. The number of nitrogens with zero attached hydrogens (tertiary/aromatic N) is 1. The highest BCUT2D eigenvalue weighted by molar-refractivity contribution is 5.80. The smallest absolute Gasteiger partial charge is 0.430 e. The first-order valence-electron chi connectivity index (χ1n) is 6.65. The Balaban J connectivity index is 3.26. The Kier molecular flexibility index (Phi) is 5.14. The third-order valence-electron chi connectivity index (χ3n) is 2.84. The predicted molar refractivity (Wildman–Crippen MR) is 79.1 cm³/mol. The normalized spacial score (nSPS) is 13.6. The van der Waals surface area contributed by atoms with E-state index in [0.717, 1.165) is 0 Å². The molecule has 2 amide bonds. The molecule has 1 atom stereocenters. The first-order valence-corrected chi connectivity index (χ1v) is 6.65. The number of ether oxygens (including phenoxy) is 1. The zero-order valence-electron chi connectivity index (χ0n) is 13.0. The van der Waals surface area contributed by atoms with Crippen molar-refractivity contribution in [1.29, 1.82) is 0 Å². The summed E-state index contributed by atoms with van der Waals surface area (Å²) in [6.45, 7) is 6.36. The van der Waals surface area contributed by atoms with E-state index in [1.165, 1.54) is 6.92 Å². The lowest BCUT2D eigenvalue weighted by molar-refractivity contribution is -0.120. The average Bonchev–Trinajstić information content (AvgIpc) is 2.43. The molecule has 0 aliphatic heterocycles. The van der Waals surface area contributed by atoms with Crippen LogP contribution >= 0.6 is 0 Å². The number of hydrazine groups is 1. The maximum atomic E-state index is 12.3. The van der Waals surface area contributed by atoms with E-state index in [1.807, 2.05) is 5.43 Å². The van der Waals surface area contributed by atoms with Crippen molar-refractivity contribution in [2.45, 2.75) is 38.8 Å². The van der Waals surface area contributed by atoms with E-state index in [2.05, 4.69) is 0 Å². The highest BCUT2D eigenvalue weighted by Crippen LogP contribution is 2.26. The third kappa shape index (κ3) is 4.21. The summed E-state index contributed by atoms with van der Waals surface area (Å²) in [4.78, 5) is 34.9. The molecule has 7 nitrogen and oxygen atoms in total. The minimum atomic E-state index is -1.54. The number of carbonyl (C=O) groups excluding carboxylic acids is 2. The van der Waals surface area contributed by atoms with Gasteiger partial charge in [0.1, 0.15) is 11.1 Å². The second-order valence-electron chi connectivity index (χ2n) is 5.86. The zero-order chi connectivity index (χ0) is 17.0. The number of carboxylic acid groups (broad SMARTS) is 1. The van der Waals surface area contributed by atoms with Crippen molar-refractivity contribution >= 4 is 18.5 Å². The van der Waals surface area contributed by atoms with Crippen molar-refractivity contribution in [3.05, 3.63) is 35.9 Å². The molecule has 0 bridgehead atoms. The van der Waals surface area contributed by atoms with Crippen LogP contribution in [0.1, 0.15) is 33.3 Å². The Morgan fingerprint density at radius 2 is 1.73 bits per heavy atom. The summed E-state index contributed by atoms with van der Waals surface area (Å²) >= 11 is 0. The van der Waals surface area contributed by atoms with Crippen molar-refractivity contribution in [1.82, 2.24) is 10.4 Å². The van der Waals surface area contributed by atoms with Gasteiger partial charge in [-0.1, -0.05) is 30.3 Å². The lowest BCUT2D eigenvalue weighted by atomic mass is 9.93. The Hall–Kier alpha value is -2.57. The highest BCUT2D eigenvalue weighted by Gasteiger charge is 2.41. The van der Waals surface area contributed by atoms with Crippen molar-refractivity contribution in [3.63, 3.8) is 0 Å². The van der Waals surface area contributed by atoms with Crippen LogP contribution in [0.4, 0.5) is 9.59 Å². The molecule has 0 aliphatic rings. The summed E-state index contributed by atoms with van der Waals surface area (Å²) in [6, 6.07) is 8.36. The maximum absolute atomic E-state index is 12.3. The molecule has 0 aliphatic carbocycles. The first kappa shape index (κ1) is 17.5. The molecule has 0 spiro atoms. The molecule has 1 aromatic rings. The molecular formula is C15H20N2O5. The monoisotopic (exact) mass is 308 g/mol. The van der Waals surface area contributed by atoms with Gasteiger partial charge in [0.05, 0.1) is 0 Å². The van der Waals surface area contributed by atoms with Crippen LogP contribution in [0.5, 0.6) is 0 Å². The van der Waals surface area contributed by atoms with Gasteiger partial charge >= 0.3 is 12.2 Å². The van der Waals surface area contributed by atoms with E-state index in [1.54, 1.807) is 51.1 Å².